The van der Waals surface area contributed by atoms with Crippen LogP contribution in [0.5, 0.6) is 5.75 Å². The first-order chi connectivity index (χ1) is 15.2. The smallest absolute Gasteiger partial charge is 0.123 e. The summed E-state index contributed by atoms with van der Waals surface area (Å²) in [7, 11) is 0. The number of fused-ring (bicyclic) bond motifs is 2. The number of benzene rings is 3. The van der Waals surface area contributed by atoms with Crippen molar-refractivity contribution in [2.45, 2.75) is 59.5 Å². The van der Waals surface area contributed by atoms with Crippen molar-refractivity contribution in [2.24, 2.45) is 0 Å². The number of hydrogen-bond donors (Lipinski definition) is 0. The molecule has 162 valence electrons. The molecule has 1 atom stereocenters. The van der Waals surface area contributed by atoms with Crippen LogP contribution in [0.3, 0.4) is 0 Å². The van der Waals surface area contributed by atoms with Gasteiger partial charge in [-0.15, -0.1) is 0 Å². The fraction of sp³-hybridized carbons (Fsp3) is 0.379. The summed E-state index contributed by atoms with van der Waals surface area (Å²) >= 11 is 0. The maximum absolute atomic E-state index is 6.01. The normalized spacial score (nSPS) is 15.2. The second-order valence-electron chi connectivity index (χ2n) is 8.30. The van der Waals surface area contributed by atoms with E-state index in [9.17, 15) is 0 Å². The molecule has 1 aliphatic heterocycles. The predicted octanol–water partition coefficient (Wildman–Crippen LogP) is 7.05. The second kappa shape index (κ2) is 9.70. The van der Waals surface area contributed by atoms with Gasteiger partial charge in [0.25, 0.3) is 0 Å². The Morgan fingerprint density at radius 3 is 1.42 bits per heavy atom. The molecule has 1 aromatic rings. The summed E-state index contributed by atoms with van der Waals surface area (Å²) in [5.41, 5.74) is 11.6. The summed E-state index contributed by atoms with van der Waals surface area (Å²) in [6.07, 6.45) is 4.66. The lowest BCUT2D eigenvalue weighted by atomic mass is 9.89. The Morgan fingerprint density at radius 1 is 0.677 bits per heavy atom. The van der Waals surface area contributed by atoms with Crippen LogP contribution in [0, 0.1) is 0 Å². The zero-order valence-electron chi connectivity index (χ0n) is 19.3. The minimum atomic E-state index is 0.325. The van der Waals surface area contributed by atoms with Crippen molar-refractivity contribution in [1.82, 2.24) is 0 Å². The van der Waals surface area contributed by atoms with E-state index in [1.54, 1.807) is 0 Å². The van der Waals surface area contributed by atoms with E-state index in [1.165, 1.54) is 44.5 Å². The number of aryl methyl sites for hydroxylation is 1. The molecule has 31 heavy (non-hydrogen) atoms. The Bertz CT molecular complexity index is 927. The molecule has 4 aliphatic carbocycles. The van der Waals surface area contributed by atoms with Gasteiger partial charge in [-0.1, -0.05) is 76.2 Å². The molecule has 1 saturated heterocycles. The van der Waals surface area contributed by atoms with Crippen LogP contribution in [0.4, 0.5) is 0 Å². The van der Waals surface area contributed by atoms with Gasteiger partial charge in [0.2, 0.25) is 0 Å². The van der Waals surface area contributed by atoms with Gasteiger partial charge < -0.3 is 9.47 Å². The molecule has 2 heteroatoms. The number of epoxide rings is 1. The molecule has 1 unspecified atom stereocenters. The Hall–Kier alpha value is -2.58. The first kappa shape index (κ1) is 21.6. The molecule has 0 saturated carbocycles. The lowest BCUT2D eigenvalue weighted by molar-refractivity contribution is 0.260. The molecule has 6 rings (SSSR count). The summed E-state index contributed by atoms with van der Waals surface area (Å²) in [4.78, 5) is 0. The van der Waals surface area contributed by atoms with E-state index in [-0.39, 0.29) is 0 Å². The molecule has 0 aromatic heterocycles. The lowest BCUT2D eigenvalue weighted by Gasteiger charge is -2.20. The van der Waals surface area contributed by atoms with E-state index in [0.717, 1.165) is 38.0 Å². The fourth-order valence-electron chi connectivity index (χ4n) is 4.23. The third kappa shape index (κ3) is 4.70. The van der Waals surface area contributed by atoms with E-state index in [1.807, 2.05) is 0 Å². The van der Waals surface area contributed by atoms with Gasteiger partial charge in [0.1, 0.15) is 18.5 Å². The highest BCUT2D eigenvalue weighted by molar-refractivity contribution is 5.76. The van der Waals surface area contributed by atoms with E-state index >= 15 is 0 Å². The Balaban J connectivity index is 0.000000151. The van der Waals surface area contributed by atoms with Crippen LogP contribution in [0.25, 0.3) is 22.3 Å². The zero-order valence-corrected chi connectivity index (χ0v) is 19.3. The third-order valence-corrected chi connectivity index (χ3v) is 6.42. The van der Waals surface area contributed by atoms with Crippen LogP contribution in [0.2, 0.25) is 0 Å². The van der Waals surface area contributed by atoms with Crippen molar-refractivity contribution >= 4 is 0 Å². The van der Waals surface area contributed by atoms with Gasteiger partial charge in [0.15, 0.2) is 0 Å². The Labute approximate surface area is 187 Å². The van der Waals surface area contributed by atoms with Crippen LogP contribution < -0.4 is 4.74 Å². The average molecular weight is 415 g/mol. The van der Waals surface area contributed by atoms with Crippen molar-refractivity contribution in [3.05, 3.63) is 76.9 Å². The van der Waals surface area contributed by atoms with Gasteiger partial charge in [-0.3, -0.25) is 0 Å². The second-order valence-corrected chi connectivity index (χ2v) is 8.30. The molecule has 0 bridgehead atoms. The predicted molar refractivity (Wildman–Crippen MR) is 130 cm³/mol. The van der Waals surface area contributed by atoms with E-state index < -0.39 is 0 Å². The van der Waals surface area contributed by atoms with Gasteiger partial charge in [0.05, 0.1) is 6.61 Å². The SMILES string of the molecule is CCc1cc(OCC2CO2)c(CC)c(CC)c1CC.c1cc2ccc1-2.c1cc2ccc1-2. The molecule has 1 heterocycles. The standard InChI is InChI=1S/C17H26O2.2C6H4/c1-5-12-9-17(19-11-13-10-18-13)16(8-4)15(7-3)14(12)6-2;2*1-2-6-4-3-5(1)6/h9,13H,5-8,10-11H2,1-4H3;2*1-4H. The topological polar surface area (TPSA) is 21.8 Å². The summed E-state index contributed by atoms with van der Waals surface area (Å²) in [6.45, 7) is 10.5. The lowest BCUT2D eigenvalue weighted by Crippen LogP contribution is -2.10. The number of ether oxygens (including phenoxy) is 2. The highest BCUT2D eigenvalue weighted by Crippen LogP contribution is 2.32. The molecule has 0 radical (unpaired) electrons. The fourth-order valence-corrected chi connectivity index (χ4v) is 4.23. The Morgan fingerprint density at radius 2 is 1.13 bits per heavy atom. The summed E-state index contributed by atoms with van der Waals surface area (Å²) < 4.78 is 11.2. The average Bonchev–Trinajstić information content (AvgIpc) is 3.61. The van der Waals surface area contributed by atoms with E-state index in [4.69, 9.17) is 9.47 Å². The van der Waals surface area contributed by atoms with Gasteiger partial charge in [0, 0.05) is 0 Å². The van der Waals surface area contributed by atoms with Crippen molar-refractivity contribution < 1.29 is 9.47 Å². The van der Waals surface area contributed by atoms with Crippen LogP contribution >= 0.6 is 0 Å². The molecule has 1 fully saturated rings. The number of rotatable bonds is 7. The molecule has 0 N–H and O–H groups in total. The molecule has 0 amide bonds. The molecular weight excluding hydrogens is 380 g/mol. The maximum Gasteiger partial charge on any atom is 0.123 e. The molecule has 0 spiro atoms. The van der Waals surface area contributed by atoms with Gasteiger partial charge in [-0.05, 0) is 76.3 Å². The largest absolute Gasteiger partial charge is 0.490 e. The molecule has 2 nitrogen and oxygen atoms in total. The minimum Gasteiger partial charge on any atom is -0.490 e. The van der Waals surface area contributed by atoms with Crippen molar-refractivity contribution in [3.8, 4) is 28.0 Å². The third-order valence-electron chi connectivity index (χ3n) is 6.42. The monoisotopic (exact) mass is 414 g/mol. The van der Waals surface area contributed by atoms with E-state index in [2.05, 4.69) is 82.3 Å². The van der Waals surface area contributed by atoms with Crippen LogP contribution in [-0.2, 0) is 30.4 Å². The summed E-state index contributed by atoms with van der Waals surface area (Å²) in [5, 5.41) is 0. The maximum atomic E-state index is 6.01. The minimum absolute atomic E-state index is 0.325. The first-order valence-electron chi connectivity index (χ1n) is 11.8. The van der Waals surface area contributed by atoms with Crippen LogP contribution in [0.1, 0.15) is 49.9 Å². The Kier molecular flexibility index (Phi) is 6.77. The summed E-state index contributed by atoms with van der Waals surface area (Å²) in [6, 6.07) is 19.2. The van der Waals surface area contributed by atoms with Crippen molar-refractivity contribution in [3.63, 3.8) is 0 Å². The highest BCUT2D eigenvalue weighted by Gasteiger charge is 2.24. The van der Waals surface area contributed by atoms with Gasteiger partial charge in [-0.2, -0.15) is 0 Å². The first-order valence-corrected chi connectivity index (χ1v) is 11.8. The van der Waals surface area contributed by atoms with Crippen LogP contribution in [-0.4, -0.2) is 19.3 Å². The zero-order chi connectivity index (χ0) is 21.8. The summed E-state index contributed by atoms with van der Waals surface area (Å²) in [5.74, 6) is 1.09. The van der Waals surface area contributed by atoms with Crippen molar-refractivity contribution in [1.29, 1.82) is 0 Å². The van der Waals surface area contributed by atoms with Gasteiger partial charge in [-0.25, -0.2) is 0 Å². The quantitative estimate of drug-likeness (QED) is 0.266. The van der Waals surface area contributed by atoms with Crippen LogP contribution in [0.15, 0.2) is 54.6 Å². The molecule has 1 aromatic carbocycles. The van der Waals surface area contributed by atoms with E-state index in [0.29, 0.717) is 12.7 Å². The molecule has 5 aliphatic rings. The van der Waals surface area contributed by atoms with Crippen molar-refractivity contribution in [2.75, 3.05) is 13.2 Å². The highest BCUT2D eigenvalue weighted by atomic mass is 16.6. The number of hydrogen-bond acceptors (Lipinski definition) is 2. The van der Waals surface area contributed by atoms with Gasteiger partial charge >= 0.3 is 0 Å². The molecular formula is C29H34O2.